The molecule has 3 fully saturated rings. The maximum Gasteiger partial charge on any atom is 0.0491 e. The van der Waals surface area contributed by atoms with Crippen LogP contribution in [0.15, 0.2) is 0 Å². The van der Waals surface area contributed by atoms with Crippen LogP contribution >= 0.6 is 0 Å². The van der Waals surface area contributed by atoms with Gasteiger partial charge in [0.1, 0.15) is 0 Å². The van der Waals surface area contributed by atoms with Gasteiger partial charge in [0.25, 0.3) is 0 Å². The Kier molecular flexibility index (Phi) is 5.58. The maximum atomic E-state index is 5.33. The predicted molar refractivity (Wildman–Crippen MR) is 87.6 cm³/mol. The molecule has 1 saturated heterocycles. The van der Waals surface area contributed by atoms with Crippen molar-refractivity contribution in [2.75, 3.05) is 39.9 Å². The molecule has 2 saturated carbocycles. The Labute approximate surface area is 130 Å². The van der Waals surface area contributed by atoms with Crippen LogP contribution in [0.1, 0.15) is 57.8 Å². The topological polar surface area (TPSA) is 24.5 Å². The van der Waals surface area contributed by atoms with E-state index >= 15 is 0 Å². The lowest BCUT2D eigenvalue weighted by Crippen LogP contribution is -2.48. The second-order valence-electron chi connectivity index (χ2n) is 7.89. The number of piperidine rings is 1. The summed E-state index contributed by atoms with van der Waals surface area (Å²) in [5.74, 6) is 0.804. The van der Waals surface area contributed by atoms with Crippen molar-refractivity contribution in [1.29, 1.82) is 0 Å². The van der Waals surface area contributed by atoms with E-state index < -0.39 is 0 Å². The van der Waals surface area contributed by atoms with Crippen molar-refractivity contribution in [2.24, 2.45) is 11.3 Å². The summed E-state index contributed by atoms with van der Waals surface area (Å²) in [6.45, 7) is 6.16. The molecule has 0 aromatic carbocycles. The zero-order valence-corrected chi connectivity index (χ0v) is 13.9. The van der Waals surface area contributed by atoms with Crippen LogP contribution < -0.4 is 5.32 Å². The number of ether oxygens (including phenoxy) is 1. The highest BCUT2D eigenvalue weighted by Crippen LogP contribution is 2.38. The van der Waals surface area contributed by atoms with E-state index in [9.17, 15) is 0 Å². The van der Waals surface area contributed by atoms with Gasteiger partial charge in [-0.15, -0.1) is 0 Å². The first kappa shape index (κ1) is 15.8. The van der Waals surface area contributed by atoms with Gasteiger partial charge in [0.05, 0.1) is 0 Å². The lowest BCUT2D eigenvalue weighted by atomic mass is 9.73. The average molecular weight is 294 g/mol. The highest BCUT2D eigenvalue weighted by atomic mass is 16.5. The van der Waals surface area contributed by atoms with Gasteiger partial charge in [0.2, 0.25) is 0 Å². The fourth-order valence-electron chi connectivity index (χ4n) is 4.36. The molecule has 0 bridgehead atoms. The third kappa shape index (κ3) is 4.67. The lowest BCUT2D eigenvalue weighted by Gasteiger charge is -2.43. The second kappa shape index (κ2) is 7.43. The first-order valence-corrected chi connectivity index (χ1v) is 9.24. The van der Waals surface area contributed by atoms with Crippen LogP contribution in [0.5, 0.6) is 0 Å². The molecule has 0 unspecified atom stereocenters. The number of nitrogens with zero attached hydrogens (tertiary/aromatic N) is 1. The standard InChI is InChI=1S/C18H34N2O/c1-21-13-16-7-11-20(12-8-16)15-18(9-3-2-4-10-18)14-19-17-5-6-17/h16-17,19H,2-15H2,1H3. The quantitative estimate of drug-likeness (QED) is 0.781. The first-order valence-electron chi connectivity index (χ1n) is 9.24. The number of methoxy groups -OCH3 is 1. The zero-order chi connectivity index (χ0) is 14.5. The largest absolute Gasteiger partial charge is 0.384 e. The van der Waals surface area contributed by atoms with Gasteiger partial charge in [-0.25, -0.2) is 0 Å². The Morgan fingerprint density at radius 2 is 1.76 bits per heavy atom. The molecule has 1 N–H and O–H groups in total. The SMILES string of the molecule is COCC1CCN(CC2(CNC3CC3)CCCCC2)CC1. The summed E-state index contributed by atoms with van der Waals surface area (Å²) in [4.78, 5) is 2.76. The first-order chi connectivity index (χ1) is 10.3. The van der Waals surface area contributed by atoms with E-state index in [-0.39, 0.29) is 0 Å². The molecular weight excluding hydrogens is 260 g/mol. The molecule has 3 aliphatic rings. The highest BCUT2D eigenvalue weighted by molar-refractivity contribution is 4.92. The van der Waals surface area contributed by atoms with Crippen molar-refractivity contribution in [3.05, 3.63) is 0 Å². The molecule has 0 aromatic rings. The molecule has 3 heteroatoms. The summed E-state index contributed by atoms with van der Waals surface area (Å²) in [6.07, 6.45) is 12.8. The van der Waals surface area contributed by atoms with Crippen molar-refractivity contribution in [3.63, 3.8) is 0 Å². The van der Waals surface area contributed by atoms with Crippen molar-refractivity contribution >= 4 is 0 Å². The van der Waals surface area contributed by atoms with Gasteiger partial charge in [0.15, 0.2) is 0 Å². The molecule has 0 aromatic heterocycles. The Morgan fingerprint density at radius 3 is 2.38 bits per heavy atom. The van der Waals surface area contributed by atoms with E-state index in [1.165, 1.54) is 84.0 Å². The van der Waals surface area contributed by atoms with Gasteiger partial charge in [-0.05, 0) is 62.9 Å². The molecule has 1 aliphatic heterocycles. The van der Waals surface area contributed by atoms with Crippen LogP contribution in [0, 0.1) is 11.3 Å². The summed E-state index contributed by atoms with van der Waals surface area (Å²) in [5, 5.41) is 3.84. The molecule has 0 atom stereocenters. The maximum absolute atomic E-state index is 5.33. The van der Waals surface area contributed by atoms with Crippen LogP contribution in [0.4, 0.5) is 0 Å². The molecule has 1 heterocycles. The van der Waals surface area contributed by atoms with E-state index in [0.717, 1.165) is 18.6 Å². The molecule has 0 amide bonds. The lowest BCUT2D eigenvalue weighted by molar-refractivity contribution is 0.0567. The van der Waals surface area contributed by atoms with Crippen molar-refractivity contribution in [3.8, 4) is 0 Å². The van der Waals surface area contributed by atoms with Gasteiger partial charge >= 0.3 is 0 Å². The Balaban J connectivity index is 1.49. The molecule has 0 spiro atoms. The van der Waals surface area contributed by atoms with E-state index in [4.69, 9.17) is 4.74 Å². The number of nitrogens with one attached hydrogen (secondary N) is 1. The van der Waals surface area contributed by atoms with E-state index in [1.54, 1.807) is 0 Å². The van der Waals surface area contributed by atoms with Gasteiger partial charge in [-0.1, -0.05) is 19.3 Å². The minimum Gasteiger partial charge on any atom is -0.384 e. The van der Waals surface area contributed by atoms with Crippen LogP contribution in [-0.2, 0) is 4.74 Å². The molecule has 21 heavy (non-hydrogen) atoms. The number of hydrogen-bond donors (Lipinski definition) is 1. The summed E-state index contributed by atoms with van der Waals surface area (Å²) in [6, 6.07) is 0.858. The molecule has 122 valence electrons. The monoisotopic (exact) mass is 294 g/mol. The summed E-state index contributed by atoms with van der Waals surface area (Å²) < 4.78 is 5.33. The van der Waals surface area contributed by atoms with Crippen LogP contribution in [0.25, 0.3) is 0 Å². The van der Waals surface area contributed by atoms with Crippen LogP contribution in [0.3, 0.4) is 0 Å². The minimum atomic E-state index is 0.578. The molecule has 2 aliphatic carbocycles. The molecular formula is C18H34N2O. The fraction of sp³-hybridized carbons (Fsp3) is 1.00. The third-order valence-electron chi connectivity index (χ3n) is 5.93. The average Bonchev–Trinajstić information content (AvgIpc) is 3.33. The smallest absolute Gasteiger partial charge is 0.0491 e. The summed E-state index contributed by atoms with van der Waals surface area (Å²) >= 11 is 0. The normalized spacial score (nSPS) is 27.9. The molecule has 3 nitrogen and oxygen atoms in total. The van der Waals surface area contributed by atoms with Gasteiger partial charge < -0.3 is 15.0 Å². The van der Waals surface area contributed by atoms with Crippen molar-refractivity contribution in [1.82, 2.24) is 10.2 Å². The van der Waals surface area contributed by atoms with Crippen molar-refractivity contribution < 1.29 is 4.74 Å². The van der Waals surface area contributed by atoms with E-state index in [1.807, 2.05) is 7.11 Å². The third-order valence-corrected chi connectivity index (χ3v) is 5.93. The number of hydrogen-bond acceptors (Lipinski definition) is 3. The highest BCUT2D eigenvalue weighted by Gasteiger charge is 2.36. The predicted octanol–water partition coefficient (Wildman–Crippen LogP) is 3.05. The van der Waals surface area contributed by atoms with Crippen LogP contribution in [0.2, 0.25) is 0 Å². The van der Waals surface area contributed by atoms with Gasteiger partial charge in [-0.3, -0.25) is 0 Å². The van der Waals surface area contributed by atoms with Gasteiger partial charge in [0, 0.05) is 32.8 Å². The summed E-state index contributed by atoms with van der Waals surface area (Å²) in [5.41, 5.74) is 0.578. The number of rotatable bonds is 7. The van der Waals surface area contributed by atoms with Crippen LogP contribution in [-0.4, -0.2) is 50.8 Å². The molecule has 3 rings (SSSR count). The van der Waals surface area contributed by atoms with Crippen molar-refractivity contribution in [2.45, 2.75) is 63.8 Å². The fourth-order valence-corrected chi connectivity index (χ4v) is 4.36. The number of likely N-dealkylation sites (tertiary alicyclic amines) is 1. The minimum absolute atomic E-state index is 0.578. The Hall–Kier alpha value is -0.120. The second-order valence-corrected chi connectivity index (χ2v) is 7.89. The summed E-state index contributed by atoms with van der Waals surface area (Å²) in [7, 11) is 1.84. The molecule has 0 radical (unpaired) electrons. The van der Waals surface area contributed by atoms with E-state index in [2.05, 4.69) is 10.2 Å². The van der Waals surface area contributed by atoms with E-state index in [0.29, 0.717) is 5.41 Å². The van der Waals surface area contributed by atoms with Gasteiger partial charge in [-0.2, -0.15) is 0 Å². The Morgan fingerprint density at radius 1 is 1.05 bits per heavy atom. The Bertz CT molecular complexity index is 302. The zero-order valence-electron chi connectivity index (χ0n) is 13.9.